The number of Topliss-reactive ketones (excluding diaryl/α,β-unsaturated/α-hetero) is 1. The monoisotopic (exact) mass is 466 g/mol. The van der Waals surface area contributed by atoms with Crippen LogP contribution in [-0.4, -0.2) is 36.0 Å². The summed E-state index contributed by atoms with van der Waals surface area (Å²) in [6.07, 6.45) is 0.631. The average Bonchev–Trinajstić information content (AvgIpc) is 3.12. The van der Waals surface area contributed by atoms with Crippen molar-refractivity contribution < 1.29 is 23.5 Å². The van der Waals surface area contributed by atoms with Crippen LogP contribution in [0.1, 0.15) is 42.4 Å². The predicted octanol–water partition coefficient (Wildman–Crippen LogP) is 4.96. The van der Waals surface area contributed by atoms with Crippen molar-refractivity contribution >= 4 is 11.7 Å². The molecule has 6 nitrogen and oxygen atoms in total. The van der Waals surface area contributed by atoms with Gasteiger partial charge < -0.3 is 19.4 Å². The van der Waals surface area contributed by atoms with E-state index in [0.717, 1.165) is 11.1 Å². The van der Waals surface area contributed by atoms with E-state index in [2.05, 4.69) is 5.32 Å². The summed E-state index contributed by atoms with van der Waals surface area (Å²) in [4.78, 5) is 24.8. The molecule has 180 valence electrons. The number of hydrogen-bond donors (Lipinski definition) is 1. The third-order valence-electron chi connectivity index (χ3n) is 5.53. The molecule has 0 bridgehead atoms. The van der Waals surface area contributed by atoms with E-state index in [4.69, 9.17) is 9.47 Å². The Hall–Kier alpha value is -3.61. The first-order valence-corrected chi connectivity index (χ1v) is 11.5. The van der Waals surface area contributed by atoms with Crippen LogP contribution in [-0.2, 0) is 17.8 Å². The van der Waals surface area contributed by atoms with Crippen LogP contribution in [0, 0.1) is 12.7 Å². The summed E-state index contributed by atoms with van der Waals surface area (Å²) in [6.45, 7) is 8.74. The van der Waals surface area contributed by atoms with Crippen molar-refractivity contribution in [2.24, 2.45) is 0 Å². The first-order chi connectivity index (χ1) is 16.3. The summed E-state index contributed by atoms with van der Waals surface area (Å²) in [5.74, 6) is 0.797. The maximum absolute atomic E-state index is 13.4. The SMILES string of the molecule is CCOc1ccc(CCNC(=O)Cn2c(-c3ccc(F)cc3)cc(C(C)=O)c2C)cc1OCC. The number of nitrogens with one attached hydrogen (secondary N) is 1. The van der Waals surface area contributed by atoms with E-state index in [0.29, 0.717) is 54.6 Å². The van der Waals surface area contributed by atoms with Gasteiger partial charge in [-0.15, -0.1) is 0 Å². The van der Waals surface area contributed by atoms with Crippen LogP contribution < -0.4 is 14.8 Å². The normalized spacial score (nSPS) is 10.7. The van der Waals surface area contributed by atoms with E-state index >= 15 is 0 Å². The number of rotatable bonds is 11. The topological polar surface area (TPSA) is 69.6 Å². The standard InChI is InChI=1S/C27H31FN2O4/c1-5-33-25-12-7-20(15-26(25)34-6-2)13-14-29-27(32)17-30-18(3)23(19(4)31)16-24(30)21-8-10-22(28)11-9-21/h7-12,15-16H,5-6,13-14,17H2,1-4H3,(H,29,32). The molecule has 0 aliphatic carbocycles. The van der Waals surface area contributed by atoms with Gasteiger partial charge in [0.2, 0.25) is 5.91 Å². The van der Waals surface area contributed by atoms with Crippen molar-refractivity contribution in [3.63, 3.8) is 0 Å². The number of ether oxygens (including phenoxy) is 2. The largest absolute Gasteiger partial charge is 0.490 e. The fraction of sp³-hybridized carbons (Fsp3) is 0.333. The summed E-state index contributed by atoms with van der Waals surface area (Å²) < 4.78 is 26.5. The number of ketones is 1. The molecule has 0 aliphatic rings. The summed E-state index contributed by atoms with van der Waals surface area (Å²) in [5.41, 5.74) is 3.71. The highest BCUT2D eigenvalue weighted by molar-refractivity contribution is 5.97. The van der Waals surface area contributed by atoms with Crippen LogP contribution in [0.5, 0.6) is 11.5 Å². The number of halogens is 1. The fourth-order valence-corrected chi connectivity index (χ4v) is 3.86. The molecule has 0 spiro atoms. The average molecular weight is 467 g/mol. The zero-order chi connectivity index (χ0) is 24.7. The van der Waals surface area contributed by atoms with Gasteiger partial charge in [0, 0.05) is 23.5 Å². The number of nitrogens with zero attached hydrogens (tertiary/aromatic N) is 1. The lowest BCUT2D eigenvalue weighted by molar-refractivity contribution is -0.121. The zero-order valence-corrected chi connectivity index (χ0v) is 20.1. The molecule has 0 fully saturated rings. The molecule has 0 aliphatic heterocycles. The molecule has 0 radical (unpaired) electrons. The van der Waals surface area contributed by atoms with E-state index in [1.54, 1.807) is 22.8 Å². The molecule has 0 saturated heterocycles. The molecule has 0 unspecified atom stereocenters. The lowest BCUT2D eigenvalue weighted by atomic mass is 10.1. The van der Waals surface area contributed by atoms with Crippen LogP contribution in [0.4, 0.5) is 4.39 Å². The van der Waals surface area contributed by atoms with E-state index in [9.17, 15) is 14.0 Å². The summed E-state index contributed by atoms with van der Waals surface area (Å²) in [5, 5.41) is 2.95. The molecule has 3 rings (SSSR count). The van der Waals surface area contributed by atoms with Gasteiger partial charge in [0.15, 0.2) is 17.3 Å². The summed E-state index contributed by atoms with van der Waals surface area (Å²) in [7, 11) is 0. The molecule has 3 aromatic rings. The third kappa shape index (κ3) is 6.04. The Morgan fingerprint density at radius 2 is 1.65 bits per heavy atom. The Labute approximate surface area is 199 Å². The number of amides is 1. The van der Waals surface area contributed by atoms with Gasteiger partial charge in [-0.3, -0.25) is 9.59 Å². The van der Waals surface area contributed by atoms with Crippen LogP contribution in [0.15, 0.2) is 48.5 Å². The van der Waals surface area contributed by atoms with Crippen LogP contribution in [0.2, 0.25) is 0 Å². The first-order valence-electron chi connectivity index (χ1n) is 11.5. The minimum absolute atomic E-state index is 0.0549. The van der Waals surface area contributed by atoms with Crippen molar-refractivity contribution in [3.05, 3.63) is 71.2 Å². The fourth-order valence-electron chi connectivity index (χ4n) is 3.86. The molecule has 0 atom stereocenters. The minimum atomic E-state index is -0.343. The molecular formula is C27H31FN2O4. The Kier molecular flexibility index (Phi) is 8.46. The van der Waals surface area contributed by atoms with Crippen molar-refractivity contribution in [2.75, 3.05) is 19.8 Å². The Morgan fingerprint density at radius 3 is 2.29 bits per heavy atom. The van der Waals surface area contributed by atoms with E-state index < -0.39 is 0 Å². The Morgan fingerprint density at radius 1 is 0.971 bits per heavy atom. The van der Waals surface area contributed by atoms with Crippen LogP contribution >= 0.6 is 0 Å². The van der Waals surface area contributed by atoms with Crippen molar-refractivity contribution in [3.8, 4) is 22.8 Å². The van der Waals surface area contributed by atoms with Crippen molar-refractivity contribution in [1.29, 1.82) is 0 Å². The van der Waals surface area contributed by atoms with E-state index in [1.807, 2.05) is 39.0 Å². The van der Waals surface area contributed by atoms with Gasteiger partial charge in [0.25, 0.3) is 0 Å². The van der Waals surface area contributed by atoms with E-state index in [1.165, 1.54) is 19.1 Å². The highest BCUT2D eigenvalue weighted by Gasteiger charge is 2.18. The molecule has 1 N–H and O–H groups in total. The second kappa shape index (κ2) is 11.5. The highest BCUT2D eigenvalue weighted by Crippen LogP contribution is 2.29. The second-order valence-electron chi connectivity index (χ2n) is 7.92. The number of benzene rings is 2. The maximum Gasteiger partial charge on any atom is 0.239 e. The minimum Gasteiger partial charge on any atom is -0.490 e. The van der Waals surface area contributed by atoms with Gasteiger partial charge in [-0.25, -0.2) is 4.39 Å². The maximum atomic E-state index is 13.4. The van der Waals surface area contributed by atoms with Gasteiger partial charge in [-0.1, -0.05) is 6.07 Å². The molecule has 2 aromatic carbocycles. The molecular weight excluding hydrogens is 435 g/mol. The van der Waals surface area contributed by atoms with Crippen molar-refractivity contribution in [1.82, 2.24) is 9.88 Å². The number of carbonyl (C=O) groups excluding carboxylic acids is 2. The lowest BCUT2D eigenvalue weighted by Gasteiger charge is -2.14. The smallest absolute Gasteiger partial charge is 0.239 e. The van der Waals surface area contributed by atoms with E-state index in [-0.39, 0.29) is 24.1 Å². The van der Waals surface area contributed by atoms with Gasteiger partial charge >= 0.3 is 0 Å². The van der Waals surface area contributed by atoms with Gasteiger partial charge in [-0.2, -0.15) is 0 Å². The third-order valence-corrected chi connectivity index (χ3v) is 5.53. The second-order valence-corrected chi connectivity index (χ2v) is 7.92. The van der Waals surface area contributed by atoms with Gasteiger partial charge in [-0.05, 0) is 87.7 Å². The Bertz CT molecular complexity index is 1150. The van der Waals surface area contributed by atoms with Gasteiger partial charge in [0.1, 0.15) is 12.4 Å². The van der Waals surface area contributed by atoms with Crippen LogP contribution in [0.3, 0.4) is 0 Å². The first kappa shape index (κ1) is 25.0. The summed E-state index contributed by atoms with van der Waals surface area (Å²) in [6, 6.07) is 13.5. The zero-order valence-electron chi connectivity index (χ0n) is 20.1. The molecule has 0 saturated carbocycles. The van der Waals surface area contributed by atoms with Gasteiger partial charge in [0.05, 0.1) is 13.2 Å². The Balaban J connectivity index is 1.70. The number of hydrogen-bond acceptors (Lipinski definition) is 4. The van der Waals surface area contributed by atoms with Crippen molar-refractivity contribution in [2.45, 2.75) is 40.7 Å². The molecule has 1 heterocycles. The molecule has 34 heavy (non-hydrogen) atoms. The molecule has 1 aromatic heterocycles. The lowest BCUT2D eigenvalue weighted by Crippen LogP contribution is -2.30. The van der Waals surface area contributed by atoms with Crippen LogP contribution in [0.25, 0.3) is 11.3 Å². The predicted molar refractivity (Wildman–Crippen MR) is 130 cm³/mol. The number of carbonyl (C=O) groups is 2. The summed E-state index contributed by atoms with van der Waals surface area (Å²) >= 11 is 0. The highest BCUT2D eigenvalue weighted by atomic mass is 19.1. The quantitative estimate of drug-likeness (QED) is 0.406. The molecule has 7 heteroatoms. The number of aromatic nitrogens is 1. The molecule has 1 amide bonds.